The van der Waals surface area contributed by atoms with E-state index in [-0.39, 0.29) is 11.8 Å². The number of hydrogen-bond donors (Lipinski definition) is 1. The molecule has 1 heterocycles. The Morgan fingerprint density at radius 2 is 2.11 bits per heavy atom. The lowest BCUT2D eigenvalue weighted by atomic mass is 10.2. The van der Waals surface area contributed by atoms with Gasteiger partial charge in [0.2, 0.25) is 11.8 Å². The molecular formula is C13H12ClN3O. The van der Waals surface area contributed by atoms with E-state index in [0.717, 1.165) is 5.56 Å². The maximum atomic E-state index is 5.95. The molecule has 0 bridgehead atoms. The average molecular weight is 262 g/mol. The average Bonchev–Trinajstić information content (AvgIpc) is 2.36. The molecule has 4 nitrogen and oxygen atoms in total. The van der Waals surface area contributed by atoms with E-state index in [1.807, 2.05) is 43.3 Å². The first-order valence-electron chi connectivity index (χ1n) is 5.38. The molecule has 0 radical (unpaired) electrons. The van der Waals surface area contributed by atoms with Gasteiger partial charge in [-0.1, -0.05) is 42.0 Å². The highest BCUT2D eigenvalue weighted by Crippen LogP contribution is 2.29. The van der Waals surface area contributed by atoms with E-state index in [0.29, 0.717) is 10.8 Å². The summed E-state index contributed by atoms with van der Waals surface area (Å²) in [7, 11) is 0. The molecule has 0 saturated heterocycles. The van der Waals surface area contributed by atoms with Crippen molar-refractivity contribution in [3.05, 3.63) is 47.1 Å². The van der Waals surface area contributed by atoms with Crippen LogP contribution >= 0.6 is 11.6 Å². The number of aromatic nitrogens is 2. The van der Waals surface area contributed by atoms with Gasteiger partial charge in [-0.15, -0.1) is 0 Å². The molecule has 1 aromatic heterocycles. The summed E-state index contributed by atoms with van der Waals surface area (Å²) in [4.78, 5) is 7.74. The SMILES string of the molecule is C/C=C/c1ccccc1Oc1nc(N)ncc1Cl. The second-order valence-corrected chi connectivity index (χ2v) is 3.93. The van der Waals surface area contributed by atoms with Crippen molar-refractivity contribution in [2.24, 2.45) is 0 Å². The monoisotopic (exact) mass is 261 g/mol. The maximum Gasteiger partial charge on any atom is 0.243 e. The number of benzene rings is 1. The standard InChI is InChI=1S/C13H12ClN3O/c1-2-5-9-6-3-4-7-11(9)18-12-10(14)8-16-13(15)17-12/h2-8H,1H3,(H2,15,16,17)/b5-2+. The van der Waals surface area contributed by atoms with Gasteiger partial charge in [0.25, 0.3) is 0 Å². The fourth-order valence-electron chi connectivity index (χ4n) is 1.43. The summed E-state index contributed by atoms with van der Waals surface area (Å²) < 4.78 is 5.66. The van der Waals surface area contributed by atoms with Crippen molar-refractivity contribution in [2.45, 2.75) is 6.92 Å². The van der Waals surface area contributed by atoms with E-state index < -0.39 is 0 Å². The predicted molar refractivity (Wildman–Crippen MR) is 72.7 cm³/mol. The maximum absolute atomic E-state index is 5.95. The number of halogens is 1. The van der Waals surface area contributed by atoms with Crippen LogP contribution in [0.15, 0.2) is 36.5 Å². The number of rotatable bonds is 3. The lowest BCUT2D eigenvalue weighted by molar-refractivity contribution is 0.462. The Morgan fingerprint density at radius 1 is 1.33 bits per heavy atom. The summed E-state index contributed by atoms with van der Waals surface area (Å²) in [6.45, 7) is 1.94. The molecule has 0 aliphatic carbocycles. The molecule has 2 rings (SSSR count). The summed E-state index contributed by atoms with van der Waals surface area (Å²) >= 11 is 5.95. The Kier molecular flexibility index (Phi) is 3.79. The molecule has 0 amide bonds. The van der Waals surface area contributed by atoms with Crippen molar-refractivity contribution in [1.82, 2.24) is 9.97 Å². The van der Waals surface area contributed by atoms with Crippen molar-refractivity contribution in [1.29, 1.82) is 0 Å². The smallest absolute Gasteiger partial charge is 0.243 e. The first kappa shape index (κ1) is 12.4. The highest BCUT2D eigenvalue weighted by Gasteiger charge is 2.08. The minimum atomic E-state index is 0.123. The summed E-state index contributed by atoms with van der Waals surface area (Å²) in [6.07, 6.45) is 5.28. The van der Waals surface area contributed by atoms with E-state index in [1.165, 1.54) is 6.20 Å². The van der Waals surface area contributed by atoms with Crippen LogP contribution in [0, 0.1) is 0 Å². The fourth-order valence-corrected chi connectivity index (χ4v) is 1.56. The Bertz CT molecular complexity index is 584. The molecule has 2 N–H and O–H groups in total. The summed E-state index contributed by atoms with van der Waals surface area (Å²) in [6, 6.07) is 7.58. The number of nitrogen functional groups attached to an aromatic ring is 1. The van der Waals surface area contributed by atoms with Crippen molar-refractivity contribution < 1.29 is 4.74 Å². The molecule has 92 valence electrons. The van der Waals surface area contributed by atoms with Crippen LogP contribution in [-0.2, 0) is 0 Å². The van der Waals surface area contributed by atoms with Crippen LogP contribution in [0.1, 0.15) is 12.5 Å². The van der Waals surface area contributed by atoms with Gasteiger partial charge in [-0.3, -0.25) is 0 Å². The molecule has 0 fully saturated rings. The number of hydrogen-bond acceptors (Lipinski definition) is 4. The van der Waals surface area contributed by atoms with Gasteiger partial charge in [0, 0.05) is 5.56 Å². The fraction of sp³-hybridized carbons (Fsp3) is 0.0769. The Hall–Kier alpha value is -2.07. The van der Waals surface area contributed by atoms with Crippen molar-refractivity contribution in [3.8, 4) is 11.6 Å². The quantitative estimate of drug-likeness (QED) is 0.918. The molecule has 18 heavy (non-hydrogen) atoms. The highest BCUT2D eigenvalue weighted by molar-refractivity contribution is 6.31. The zero-order valence-electron chi connectivity index (χ0n) is 9.80. The molecule has 0 aliphatic heterocycles. The molecular weight excluding hydrogens is 250 g/mol. The van der Waals surface area contributed by atoms with Crippen molar-refractivity contribution in [3.63, 3.8) is 0 Å². The van der Waals surface area contributed by atoms with Crippen molar-refractivity contribution in [2.75, 3.05) is 5.73 Å². The summed E-state index contributed by atoms with van der Waals surface area (Å²) in [5.74, 6) is 1.04. The number of allylic oxidation sites excluding steroid dienone is 1. The van der Waals surface area contributed by atoms with Gasteiger partial charge in [0.05, 0.1) is 6.20 Å². The first-order valence-corrected chi connectivity index (χ1v) is 5.76. The van der Waals surface area contributed by atoms with E-state index >= 15 is 0 Å². The third-order valence-corrected chi connectivity index (χ3v) is 2.46. The number of nitrogens with zero attached hydrogens (tertiary/aromatic N) is 2. The molecule has 0 aliphatic rings. The van der Waals surface area contributed by atoms with E-state index in [9.17, 15) is 0 Å². The topological polar surface area (TPSA) is 61.0 Å². The van der Waals surface area contributed by atoms with Gasteiger partial charge in [-0.25, -0.2) is 4.98 Å². The van der Waals surface area contributed by atoms with Crippen LogP contribution < -0.4 is 10.5 Å². The molecule has 5 heteroatoms. The molecule has 0 unspecified atom stereocenters. The highest BCUT2D eigenvalue weighted by atomic mass is 35.5. The molecule has 0 spiro atoms. The van der Waals surface area contributed by atoms with E-state index in [2.05, 4.69) is 9.97 Å². The van der Waals surface area contributed by atoms with E-state index in [1.54, 1.807) is 0 Å². The Balaban J connectivity index is 2.36. The zero-order chi connectivity index (χ0) is 13.0. The van der Waals surface area contributed by atoms with Crippen LogP contribution in [-0.4, -0.2) is 9.97 Å². The van der Waals surface area contributed by atoms with Gasteiger partial charge in [0.1, 0.15) is 10.8 Å². The molecule has 0 atom stereocenters. The second-order valence-electron chi connectivity index (χ2n) is 3.52. The number of anilines is 1. The molecule has 0 saturated carbocycles. The molecule has 2 aromatic rings. The minimum absolute atomic E-state index is 0.123. The Morgan fingerprint density at radius 3 is 2.89 bits per heavy atom. The minimum Gasteiger partial charge on any atom is -0.437 e. The van der Waals surface area contributed by atoms with E-state index in [4.69, 9.17) is 22.1 Å². The van der Waals surface area contributed by atoms with Gasteiger partial charge in [-0.2, -0.15) is 4.98 Å². The lowest BCUT2D eigenvalue weighted by Crippen LogP contribution is -1.98. The predicted octanol–water partition coefficient (Wildman–Crippen LogP) is 3.54. The van der Waals surface area contributed by atoms with Crippen LogP contribution in [0.25, 0.3) is 6.08 Å². The third-order valence-electron chi connectivity index (χ3n) is 2.20. The van der Waals surface area contributed by atoms with Crippen LogP contribution in [0.4, 0.5) is 5.95 Å². The molecule has 1 aromatic carbocycles. The lowest BCUT2D eigenvalue weighted by Gasteiger charge is -2.09. The van der Waals surface area contributed by atoms with Gasteiger partial charge < -0.3 is 10.5 Å². The first-order chi connectivity index (χ1) is 8.70. The van der Waals surface area contributed by atoms with Gasteiger partial charge in [0.15, 0.2) is 0 Å². The largest absolute Gasteiger partial charge is 0.437 e. The number of ether oxygens (including phenoxy) is 1. The third kappa shape index (κ3) is 2.78. The van der Waals surface area contributed by atoms with Gasteiger partial charge >= 0.3 is 0 Å². The van der Waals surface area contributed by atoms with Gasteiger partial charge in [-0.05, 0) is 13.0 Å². The van der Waals surface area contributed by atoms with Crippen LogP contribution in [0.2, 0.25) is 5.02 Å². The van der Waals surface area contributed by atoms with Crippen LogP contribution in [0.3, 0.4) is 0 Å². The number of para-hydroxylation sites is 1. The number of nitrogens with two attached hydrogens (primary N) is 1. The van der Waals surface area contributed by atoms with Crippen molar-refractivity contribution >= 4 is 23.6 Å². The Labute approximate surface area is 110 Å². The summed E-state index contributed by atoms with van der Waals surface area (Å²) in [5, 5.41) is 0.319. The zero-order valence-corrected chi connectivity index (χ0v) is 10.6. The second kappa shape index (κ2) is 5.51. The normalized spacial score (nSPS) is 10.8. The van der Waals surface area contributed by atoms with Crippen LogP contribution in [0.5, 0.6) is 11.6 Å². The summed E-state index contributed by atoms with van der Waals surface area (Å²) in [5.41, 5.74) is 6.44.